The Kier molecular flexibility index (Phi) is 2.89. The van der Waals surface area contributed by atoms with Crippen LogP contribution in [0.25, 0.3) is 0 Å². The number of rotatable bonds is 4. The lowest BCUT2D eigenvalue weighted by Gasteiger charge is -1.95. The monoisotopic (exact) mass is 141 g/mol. The van der Waals surface area contributed by atoms with E-state index in [4.69, 9.17) is 4.42 Å². The maximum atomic E-state index is 4.90. The Morgan fingerprint density at radius 2 is 2.60 bits per heavy atom. The van der Waals surface area contributed by atoms with Crippen LogP contribution >= 0.6 is 0 Å². The number of aromatic nitrogens is 2. The second-order valence-corrected chi connectivity index (χ2v) is 2.01. The molecule has 0 aliphatic carbocycles. The summed E-state index contributed by atoms with van der Waals surface area (Å²) in [6, 6.07) is 0. The standard InChI is InChI=1S/C6H11N3O/c1-2-3-7-4-6-9-8-5-10-6/h5,7H,2-4H2,1H3. The van der Waals surface area contributed by atoms with E-state index in [0.29, 0.717) is 12.4 Å². The molecule has 0 aliphatic heterocycles. The number of hydrogen-bond donors (Lipinski definition) is 1. The molecule has 0 spiro atoms. The van der Waals surface area contributed by atoms with Crippen LogP contribution in [0.4, 0.5) is 0 Å². The summed E-state index contributed by atoms with van der Waals surface area (Å²) in [5.74, 6) is 0.647. The SMILES string of the molecule is CCCNCc1nnco1. The first-order chi connectivity index (χ1) is 4.93. The molecule has 0 aromatic carbocycles. The summed E-state index contributed by atoms with van der Waals surface area (Å²) in [5, 5.41) is 10.4. The van der Waals surface area contributed by atoms with Crippen molar-refractivity contribution in [2.75, 3.05) is 6.54 Å². The van der Waals surface area contributed by atoms with Crippen molar-refractivity contribution >= 4 is 0 Å². The molecule has 10 heavy (non-hydrogen) atoms. The molecule has 0 fully saturated rings. The second-order valence-electron chi connectivity index (χ2n) is 2.01. The molecule has 0 bridgehead atoms. The topological polar surface area (TPSA) is 51.0 Å². The molecule has 0 saturated carbocycles. The highest BCUT2D eigenvalue weighted by atomic mass is 16.4. The van der Waals surface area contributed by atoms with Crippen molar-refractivity contribution in [3.8, 4) is 0 Å². The van der Waals surface area contributed by atoms with Gasteiger partial charge < -0.3 is 9.73 Å². The average molecular weight is 141 g/mol. The highest BCUT2D eigenvalue weighted by Crippen LogP contribution is 1.88. The Bertz CT molecular complexity index is 162. The van der Waals surface area contributed by atoms with Crippen LogP contribution in [0.15, 0.2) is 10.8 Å². The molecular weight excluding hydrogens is 130 g/mol. The molecule has 1 aromatic rings. The lowest BCUT2D eigenvalue weighted by molar-refractivity contribution is 0.467. The van der Waals surface area contributed by atoms with Crippen LogP contribution in [-0.4, -0.2) is 16.7 Å². The van der Waals surface area contributed by atoms with E-state index < -0.39 is 0 Å². The maximum Gasteiger partial charge on any atom is 0.229 e. The van der Waals surface area contributed by atoms with Crippen molar-refractivity contribution in [2.24, 2.45) is 0 Å². The largest absolute Gasteiger partial charge is 0.427 e. The van der Waals surface area contributed by atoms with Crippen LogP contribution in [0.1, 0.15) is 19.2 Å². The van der Waals surface area contributed by atoms with E-state index >= 15 is 0 Å². The van der Waals surface area contributed by atoms with E-state index in [2.05, 4.69) is 22.4 Å². The van der Waals surface area contributed by atoms with E-state index in [1.165, 1.54) is 6.39 Å². The highest BCUT2D eigenvalue weighted by Gasteiger charge is 1.94. The van der Waals surface area contributed by atoms with Crippen molar-refractivity contribution in [1.82, 2.24) is 15.5 Å². The van der Waals surface area contributed by atoms with E-state index in [1.54, 1.807) is 0 Å². The molecule has 0 saturated heterocycles. The molecule has 0 unspecified atom stereocenters. The summed E-state index contributed by atoms with van der Waals surface area (Å²) in [4.78, 5) is 0. The third-order valence-electron chi connectivity index (χ3n) is 1.11. The molecule has 1 heterocycles. The molecule has 0 atom stereocenters. The lowest BCUT2D eigenvalue weighted by atomic mass is 10.5. The van der Waals surface area contributed by atoms with Crippen LogP contribution in [0.3, 0.4) is 0 Å². The summed E-state index contributed by atoms with van der Waals surface area (Å²) in [6.07, 6.45) is 2.46. The Morgan fingerprint density at radius 3 is 3.20 bits per heavy atom. The summed E-state index contributed by atoms with van der Waals surface area (Å²) >= 11 is 0. The lowest BCUT2D eigenvalue weighted by Crippen LogP contribution is -2.13. The quantitative estimate of drug-likeness (QED) is 0.623. The summed E-state index contributed by atoms with van der Waals surface area (Å²) < 4.78 is 4.90. The van der Waals surface area contributed by atoms with Gasteiger partial charge in [-0.2, -0.15) is 0 Å². The smallest absolute Gasteiger partial charge is 0.229 e. The zero-order chi connectivity index (χ0) is 7.23. The van der Waals surface area contributed by atoms with Gasteiger partial charge in [-0.25, -0.2) is 0 Å². The molecule has 0 amide bonds. The average Bonchev–Trinajstić information content (AvgIpc) is 2.41. The van der Waals surface area contributed by atoms with Gasteiger partial charge in [0, 0.05) is 0 Å². The zero-order valence-electron chi connectivity index (χ0n) is 6.00. The minimum atomic E-state index is 0.647. The van der Waals surface area contributed by atoms with Crippen molar-refractivity contribution in [2.45, 2.75) is 19.9 Å². The fourth-order valence-corrected chi connectivity index (χ4v) is 0.645. The minimum Gasteiger partial charge on any atom is -0.427 e. The van der Waals surface area contributed by atoms with Crippen LogP contribution in [0.5, 0.6) is 0 Å². The fraction of sp³-hybridized carbons (Fsp3) is 0.667. The molecule has 1 rings (SSSR count). The van der Waals surface area contributed by atoms with Gasteiger partial charge in [0.1, 0.15) is 0 Å². The van der Waals surface area contributed by atoms with Crippen molar-refractivity contribution in [3.63, 3.8) is 0 Å². The normalized spacial score (nSPS) is 10.1. The van der Waals surface area contributed by atoms with Crippen LogP contribution in [-0.2, 0) is 6.54 Å². The molecule has 1 aromatic heterocycles. The Labute approximate surface area is 59.6 Å². The van der Waals surface area contributed by atoms with E-state index in [9.17, 15) is 0 Å². The highest BCUT2D eigenvalue weighted by molar-refractivity contribution is 4.70. The number of nitrogens with zero attached hydrogens (tertiary/aromatic N) is 2. The third kappa shape index (κ3) is 2.14. The molecular formula is C6H11N3O. The molecule has 0 radical (unpaired) electrons. The van der Waals surface area contributed by atoms with Gasteiger partial charge in [-0.3, -0.25) is 0 Å². The molecule has 4 nitrogen and oxygen atoms in total. The van der Waals surface area contributed by atoms with Gasteiger partial charge in [-0.1, -0.05) is 6.92 Å². The molecule has 0 aliphatic rings. The summed E-state index contributed by atoms with van der Waals surface area (Å²) in [7, 11) is 0. The Balaban J connectivity index is 2.15. The Hall–Kier alpha value is -0.900. The first-order valence-corrected chi connectivity index (χ1v) is 3.39. The van der Waals surface area contributed by atoms with Crippen LogP contribution in [0.2, 0.25) is 0 Å². The fourth-order valence-electron chi connectivity index (χ4n) is 0.645. The van der Waals surface area contributed by atoms with Crippen molar-refractivity contribution in [3.05, 3.63) is 12.3 Å². The van der Waals surface area contributed by atoms with E-state index in [-0.39, 0.29) is 0 Å². The first kappa shape index (κ1) is 7.21. The Morgan fingerprint density at radius 1 is 1.70 bits per heavy atom. The van der Waals surface area contributed by atoms with Gasteiger partial charge in [0.2, 0.25) is 12.3 Å². The van der Waals surface area contributed by atoms with Crippen LogP contribution in [0, 0.1) is 0 Å². The van der Waals surface area contributed by atoms with Gasteiger partial charge in [0.15, 0.2) is 0 Å². The molecule has 56 valence electrons. The van der Waals surface area contributed by atoms with Gasteiger partial charge in [-0.05, 0) is 13.0 Å². The minimum absolute atomic E-state index is 0.647. The molecule has 1 N–H and O–H groups in total. The van der Waals surface area contributed by atoms with Crippen molar-refractivity contribution in [1.29, 1.82) is 0 Å². The summed E-state index contributed by atoms with van der Waals surface area (Å²) in [6.45, 7) is 3.77. The molecule has 4 heteroatoms. The maximum absolute atomic E-state index is 4.90. The van der Waals surface area contributed by atoms with E-state index in [0.717, 1.165) is 13.0 Å². The van der Waals surface area contributed by atoms with Gasteiger partial charge in [0.05, 0.1) is 6.54 Å². The van der Waals surface area contributed by atoms with E-state index in [1.807, 2.05) is 0 Å². The van der Waals surface area contributed by atoms with Gasteiger partial charge in [-0.15, -0.1) is 10.2 Å². The zero-order valence-corrected chi connectivity index (χ0v) is 6.00. The van der Waals surface area contributed by atoms with Crippen LogP contribution < -0.4 is 5.32 Å². The first-order valence-electron chi connectivity index (χ1n) is 3.39. The third-order valence-corrected chi connectivity index (χ3v) is 1.11. The summed E-state index contributed by atoms with van der Waals surface area (Å²) in [5.41, 5.74) is 0. The number of nitrogens with one attached hydrogen (secondary N) is 1. The number of hydrogen-bond acceptors (Lipinski definition) is 4. The van der Waals surface area contributed by atoms with Crippen molar-refractivity contribution < 1.29 is 4.42 Å². The second kappa shape index (κ2) is 4.00. The van der Waals surface area contributed by atoms with Gasteiger partial charge >= 0.3 is 0 Å². The predicted molar refractivity (Wildman–Crippen MR) is 36.3 cm³/mol. The predicted octanol–water partition coefficient (Wildman–Crippen LogP) is 0.569. The van der Waals surface area contributed by atoms with Gasteiger partial charge in [0.25, 0.3) is 0 Å².